The average Bonchev–Trinajstić information content (AvgIpc) is 4.08. The number of aryl methyl sites for hydroxylation is 2. The number of likely N-dealkylation sites (tertiary alicyclic amines) is 1. The van der Waals surface area contributed by atoms with Gasteiger partial charge < -0.3 is 34.5 Å². The first kappa shape index (κ1) is 53.3. The van der Waals surface area contributed by atoms with Crippen molar-refractivity contribution >= 4 is 34.6 Å². The molecule has 0 spiro atoms. The van der Waals surface area contributed by atoms with Crippen LogP contribution < -0.4 is 10.6 Å². The van der Waals surface area contributed by atoms with Crippen LogP contribution in [0.25, 0.3) is 45.3 Å². The van der Waals surface area contributed by atoms with Gasteiger partial charge in [-0.2, -0.15) is 5.10 Å². The van der Waals surface area contributed by atoms with Crippen molar-refractivity contribution < 1.29 is 31.4 Å². The summed E-state index contributed by atoms with van der Waals surface area (Å²) >= 11 is 0. The summed E-state index contributed by atoms with van der Waals surface area (Å²) in [5.74, 6) is 7.62. The maximum absolute atomic E-state index is 13.7. The Hall–Kier alpha value is -7.54. The van der Waals surface area contributed by atoms with Crippen molar-refractivity contribution in [2.24, 2.45) is 0 Å². The van der Waals surface area contributed by atoms with Crippen molar-refractivity contribution in [3.63, 3.8) is 0 Å². The summed E-state index contributed by atoms with van der Waals surface area (Å²) in [5, 5.41) is 12.7. The summed E-state index contributed by atoms with van der Waals surface area (Å²) < 4.78 is 24.6. The fourth-order valence-corrected chi connectivity index (χ4v) is 9.62. The number of ether oxygens (including phenoxy) is 4. The zero-order chi connectivity index (χ0) is 52.3. The van der Waals surface area contributed by atoms with E-state index in [-0.39, 0.29) is 20.7 Å². The van der Waals surface area contributed by atoms with Gasteiger partial charge in [-0.15, -0.1) is 0 Å². The number of nitrogens with zero attached hydrogens (tertiary/aromatic N) is 6. The van der Waals surface area contributed by atoms with Crippen LogP contribution in [0, 0.1) is 25.7 Å². The molecular weight excluding hydrogens is 953 g/mol. The molecule has 4 aromatic carbocycles. The molecule has 9 rings (SSSR count). The Balaban J connectivity index is 0.00000441. The van der Waals surface area contributed by atoms with E-state index in [0.717, 1.165) is 95.3 Å². The molecule has 396 valence electrons. The van der Waals surface area contributed by atoms with E-state index in [1.165, 1.54) is 22.3 Å². The minimum Gasteiger partial charge on any atom is -0.379 e. The van der Waals surface area contributed by atoms with Crippen LogP contribution in [0.3, 0.4) is 0 Å². The molecule has 14 nitrogen and oxygen atoms in total. The molecule has 2 N–H and O–H groups in total. The Kier molecular flexibility index (Phi) is 19.1. The van der Waals surface area contributed by atoms with Crippen LogP contribution in [0.2, 0.25) is 0 Å². The molecule has 1 fully saturated rings. The lowest BCUT2D eigenvalue weighted by molar-refractivity contribution is -0.138. The van der Waals surface area contributed by atoms with Gasteiger partial charge in [0.1, 0.15) is 18.5 Å². The highest BCUT2D eigenvalue weighted by molar-refractivity contribution is 5.96. The summed E-state index contributed by atoms with van der Waals surface area (Å²) in [4.78, 5) is 42.8. The van der Waals surface area contributed by atoms with Crippen LogP contribution in [0.1, 0.15) is 74.8 Å². The van der Waals surface area contributed by atoms with Gasteiger partial charge in [-0.05, 0) is 148 Å². The van der Waals surface area contributed by atoms with E-state index in [1.54, 1.807) is 23.4 Å². The van der Waals surface area contributed by atoms with Crippen LogP contribution in [0.15, 0.2) is 128 Å². The van der Waals surface area contributed by atoms with Crippen molar-refractivity contribution in [1.82, 2.24) is 34.9 Å². The standard InChI is InChI=1S/C62H68N8O6.2H2/c1-45-22-24-49(39-46(45)2)59-51(44-70(68-59)54-17-5-3-6-18-54)26-27-58(71)69-30-11-9-21-57(69)62(72)64-29-10-4-12-31-73-33-35-75-37-38-76-36-34-74-32-14-15-47-23-25-48-41-53(42-52(48)40-47)65-61-55-19-7-8-20-56(55)66-60(67-61)50-16-13-28-63-43-50;;/h3,5-8,13,16-20,22-28,39-40,43-44,53,57H,4,9-12,21,29-38,41-42H2,1-2H3,(H,64,72)(H,65,66,67);2*1H/b27-26+;;. The zero-order valence-electron chi connectivity index (χ0n) is 43.7. The van der Waals surface area contributed by atoms with E-state index in [2.05, 4.69) is 83.8 Å². The molecule has 1 aliphatic carbocycles. The van der Waals surface area contributed by atoms with Gasteiger partial charge in [0.05, 0.1) is 56.5 Å². The second kappa shape index (κ2) is 27.3. The SMILES string of the molecule is Cc1ccc(-c2nn(-c3ccccc3)cc2/C=C/C(=O)N2CCCCC2C(=O)NCCCCCOCCOCCOCCOCC#Cc2ccc3c(c2)CC(Nc2nc(-c4cccnc4)nc4ccccc24)C3)cc1C.[HH].[HH]. The van der Waals surface area contributed by atoms with Crippen LogP contribution in [0.5, 0.6) is 0 Å². The molecule has 14 heteroatoms. The Morgan fingerprint density at radius 1 is 0.763 bits per heavy atom. The number of anilines is 1. The smallest absolute Gasteiger partial charge is 0.247 e. The highest BCUT2D eigenvalue weighted by Crippen LogP contribution is 2.31. The molecular formula is C62H72N8O6. The number of hydrogen-bond donors (Lipinski definition) is 2. The molecule has 2 atom stereocenters. The minimum atomic E-state index is -0.486. The normalized spacial score (nSPS) is 15.2. The van der Waals surface area contributed by atoms with Crippen LogP contribution in [0.4, 0.5) is 5.82 Å². The Labute approximate surface area is 449 Å². The number of nitrogens with one attached hydrogen (secondary N) is 2. The predicted molar refractivity (Wildman–Crippen MR) is 302 cm³/mol. The molecule has 7 aromatic rings. The Morgan fingerprint density at radius 2 is 1.55 bits per heavy atom. The molecule has 2 amide bonds. The molecule has 4 heterocycles. The second-order valence-electron chi connectivity index (χ2n) is 19.3. The van der Waals surface area contributed by atoms with E-state index in [0.29, 0.717) is 78.2 Å². The monoisotopic (exact) mass is 1020 g/mol. The number of fused-ring (bicyclic) bond motifs is 2. The van der Waals surface area contributed by atoms with Gasteiger partial charge in [0.2, 0.25) is 11.8 Å². The van der Waals surface area contributed by atoms with Gasteiger partial charge >= 0.3 is 0 Å². The van der Waals surface area contributed by atoms with E-state index in [9.17, 15) is 9.59 Å². The third-order valence-corrected chi connectivity index (χ3v) is 13.8. The van der Waals surface area contributed by atoms with Gasteiger partial charge in [0, 0.05) is 80.9 Å². The lowest BCUT2D eigenvalue weighted by atomic mass is 10.0. The first-order valence-electron chi connectivity index (χ1n) is 26.7. The Bertz CT molecular complexity index is 3150. The molecule has 3 aromatic heterocycles. The van der Waals surface area contributed by atoms with Crippen molar-refractivity contribution in [2.45, 2.75) is 77.3 Å². The summed E-state index contributed by atoms with van der Waals surface area (Å²) in [7, 11) is 0. The number of benzene rings is 4. The Morgan fingerprint density at radius 3 is 2.37 bits per heavy atom. The number of unbranched alkanes of at least 4 members (excludes halogenated alkanes) is 2. The van der Waals surface area contributed by atoms with Gasteiger partial charge in [0.25, 0.3) is 0 Å². The number of carbonyl (C=O) groups excluding carboxylic acids is 2. The van der Waals surface area contributed by atoms with E-state index >= 15 is 0 Å². The molecule has 2 aliphatic rings. The number of amides is 2. The van der Waals surface area contributed by atoms with E-state index in [4.69, 9.17) is 34.0 Å². The summed E-state index contributed by atoms with van der Waals surface area (Å²) in [6.07, 6.45) is 15.8. The minimum absolute atomic E-state index is 0. The third kappa shape index (κ3) is 14.6. The topological polar surface area (TPSA) is 155 Å². The van der Waals surface area contributed by atoms with Crippen LogP contribution >= 0.6 is 0 Å². The third-order valence-electron chi connectivity index (χ3n) is 13.8. The maximum atomic E-state index is 13.7. The molecule has 1 aliphatic heterocycles. The number of para-hydroxylation sites is 2. The first-order chi connectivity index (χ1) is 37.4. The van der Waals surface area contributed by atoms with E-state index in [1.807, 2.05) is 77.6 Å². The van der Waals surface area contributed by atoms with Gasteiger partial charge in [-0.3, -0.25) is 14.6 Å². The number of aromatic nitrogens is 5. The lowest BCUT2D eigenvalue weighted by Crippen LogP contribution is -2.51. The molecule has 1 saturated heterocycles. The van der Waals surface area contributed by atoms with Crippen LogP contribution in [-0.4, -0.2) is 119 Å². The summed E-state index contributed by atoms with van der Waals surface area (Å²) in [5.41, 5.74) is 11.3. The van der Waals surface area contributed by atoms with Gasteiger partial charge in [-0.25, -0.2) is 14.6 Å². The fourth-order valence-electron chi connectivity index (χ4n) is 9.62. The second-order valence-corrected chi connectivity index (χ2v) is 19.3. The number of piperidine rings is 1. The highest BCUT2D eigenvalue weighted by atomic mass is 16.6. The quantitative estimate of drug-likeness (QED) is 0.0338. The van der Waals surface area contributed by atoms with Crippen LogP contribution in [-0.2, 0) is 41.4 Å². The summed E-state index contributed by atoms with van der Waals surface area (Å²) in [6.45, 7) is 9.13. The highest BCUT2D eigenvalue weighted by Gasteiger charge is 2.31. The molecule has 0 radical (unpaired) electrons. The maximum Gasteiger partial charge on any atom is 0.247 e. The van der Waals surface area contributed by atoms with Crippen molar-refractivity contribution in [1.29, 1.82) is 0 Å². The predicted octanol–water partition coefficient (Wildman–Crippen LogP) is 10.0. The molecule has 2 unspecified atom stereocenters. The molecule has 0 bridgehead atoms. The zero-order valence-corrected chi connectivity index (χ0v) is 43.7. The number of pyridine rings is 1. The number of hydrogen-bond acceptors (Lipinski definition) is 11. The summed E-state index contributed by atoms with van der Waals surface area (Å²) in [6, 6.07) is 34.4. The molecule has 76 heavy (non-hydrogen) atoms. The van der Waals surface area contributed by atoms with Crippen molar-refractivity contribution in [3.8, 4) is 40.2 Å². The molecule has 0 saturated carbocycles. The number of rotatable bonds is 24. The number of carbonyl (C=O) groups is 2. The van der Waals surface area contributed by atoms with Gasteiger partial charge in [-0.1, -0.05) is 60.4 Å². The van der Waals surface area contributed by atoms with E-state index < -0.39 is 6.04 Å². The lowest BCUT2D eigenvalue weighted by Gasteiger charge is -2.34. The fraction of sp³-hybridized carbons (Fsp3) is 0.355. The average molecular weight is 1030 g/mol. The van der Waals surface area contributed by atoms with Crippen molar-refractivity contribution in [3.05, 3.63) is 161 Å². The first-order valence-corrected chi connectivity index (χ1v) is 26.7. The largest absolute Gasteiger partial charge is 0.379 e. The van der Waals surface area contributed by atoms with Crippen molar-refractivity contribution in [2.75, 3.05) is 71.3 Å². The van der Waals surface area contributed by atoms with Gasteiger partial charge in [0.15, 0.2) is 5.82 Å².